The maximum Gasteiger partial charge on any atom is 0.307 e. The first kappa shape index (κ1) is 20.3. The van der Waals surface area contributed by atoms with Gasteiger partial charge in [0.2, 0.25) is 0 Å². The van der Waals surface area contributed by atoms with Crippen LogP contribution in [0.15, 0.2) is 54.6 Å². The number of hydrogen-bond acceptors (Lipinski definition) is 2. The second-order valence-corrected chi connectivity index (χ2v) is 6.81. The standard InChI is InChI=1S/C21H23Cl2NO2/c1-2-3-4-5-8-14-24(21-17(22)11-9-12-18(21)23)19-13-7-6-10-16(19)15-20(25)26/h5-13H,2-4,14-15H2,1H3,(H,25,26)/b8-5+. The minimum Gasteiger partial charge on any atom is -0.481 e. The fourth-order valence-corrected chi connectivity index (χ4v) is 3.36. The number of aliphatic carboxylic acids is 1. The van der Waals surface area contributed by atoms with E-state index >= 15 is 0 Å². The monoisotopic (exact) mass is 391 g/mol. The molecule has 0 saturated carbocycles. The van der Waals surface area contributed by atoms with Crippen molar-refractivity contribution in [2.24, 2.45) is 0 Å². The van der Waals surface area contributed by atoms with Crippen LogP contribution in [-0.4, -0.2) is 17.6 Å². The van der Waals surface area contributed by atoms with Crippen LogP contribution in [0.4, 0.5) is 11.4 Å². The summed E-state index contributed by atoms with van der Waals surface area (Å²) in [4.78, 5) is 13.2. The maximum absolute atomic E-state index is 11.3. The zero-order chi connectivity index (χ0) is 18.9. The molecule has 0 aliphatic rings. The summed E-state index contributed by atoms with van der Waals surface area (Å²) in [5.41, 5.74) is 2.21. The van der Waals surface area contributed by atoms with Crippen LogP contribution in [0.25, 0.3) is 0 Å². The lowest BCUT2D eigenvalue weighted by Crippen LogP contribution is -2.20. The van der Waals surface area contributed by atoms with Crippen LogP contribution < -0.4 is 4.90 Å². The number of carbonyl (C=O) groups is 1. The summed E-state index contributed by atoms with van der Waals surface area (Å²) in [6.45, 7) is 2.72. The number of halogens is 2. The summed E-state index contributed by atoms with van der Waals surface area (Å²) in [7, 11) is 0. The van der Waals surface area contributed by atoms with Gasteiger partial charge in [-0.05, 0) is 30.2 Å². The van der Waals surface area contributed by atoms with E-state index in [0.717, 1.165) is 30.5 Å². The molecule has 2 aromatic rings. The zero-order valence-corrected chi connectivity index (χ0v) is 16.3. The van der Waals surface area contributed by atoms with Crippen LogP contribution in [0.2, 0.25) is 10.0 Å². The lowest BCUT2D eigenvalue weighted by Gasteiger charge is -2.27. The van der Waals surface area contributed by atoms with Gasteiger partial charge in [-0.3, -0.25) is 4.79 Å². The second-order valence-electron chi connectivity index (χ2n) is 5.99. The lowest BCUT2D eigenvalue weighted by molar-refractivity contribution is -0.136. The van der Waals surface area contributed by atoms with Crippen molar-refractivity contribution in [1.29, 1.82) is 0 Å². The van der Waals surface area contributed by atoms with Crippen LogP contribution in [0.3, 0.4) is 0 Å². The van der Waals surface area contributed by atoms with Gasteiger partial charge >= 0.3 is 5.97 Å². The van der Waals surface area contributed by atoms with Crippen molar-refractivity contribution in [1.82, 2.24) is 0 Å². The molecule has 0 amide bonds. The molecule has 0 heterocycles. The summed E-state index contributed by atoms with van der Waals surface area (Å²) in [5.74, 6) is -0.874. The number of nitrogens with zero attached hydrogens (tertiary/aromatic N) is 1. The van der Waals surface area contributed by atoms with Gasteiger partial charge in [0.15, 0.2) is 0 Å². The van der Waals surface area contributed by atoms with E-state index in [1.807, 2.05) is 29.2 Å². The number of rotatable bonds is 9. The molecule has 0 radical (unpaired) electrons. The van der Waals surface area contributed by atoms with E-state index in [9.17, 15) is 9.90 Å². The fourth-order valence-electron chi connectivity index (χ4n) is 2.76. The lowest BCUT2D eigenvalue weighted by atomic mass is 10.1. The number of allylic oxidation sites excluding steroid dienone is 1. The molecule has 0 aliphatic carbocycles. The Kier molecular flexibility index (Phi) is 8.02. The van der Waals surface area contributed by atoms with E-state index in [0.29, 0.717) is 22.3 Å². The number of hydrogen-bond donors (Lipinski definition) is 1. The van der Waals surface area contributed by atoms with Crippen molar-refractivity contribution in [2.75, 3.05) is 11.4 Å². The predicted molar refractivity (Wildman–Crippen MR) is 110 cm³/mol. The molecule has 0 fully saturated rings. The van der Waals surface area contributed by atoms with E-state index in [-0.39, 0.29) is 6.42 Å². The Morgan fingerprint density at radius 2 is 1.77 bits per heavy atom. The molecule has 1 N–H and O–H groups in total. The SMILES string of the molecule is CCCC/C=C/CN(c1ccccc1CC(=O)O)c1c(Cl)cccc1Cl. The van der Waals surface area contributed by atoms with Gasteiger partial charge in [-0.25, -0.2) is 0 Å². The molecule has 0 saturated heterocycles. The highest BCUT2D eigenvalue weighted by molar-refractivity contribution is 6.39. The van der Waals surface area contributed by atoms with Crippen molar-refractivity contribution in [3.63, 3.8) is 0 Å². The zero-order valence-electron chi connectivity index (χ0n) is 14.8. The fraction of sp³-hybridized carbons (Fsp3) is 0.286. The molecular weight excluding hydrogens is 369 g/mol. The molecule has 0 aliphatic heterocycles. The van der Waals surface area contributed by atoms with Crippen LogP contribution in [0.1, 0.15) is 31.7 Å². The summed E-state index contributed by atoms with van der Waals surface area (Å²) >= 11 is 12.9. The smallest absolute Gasteiger partial charge is 0.307 e. The highest BCUT2D eigenvalue weighted by Crippen LogP contribution is 2.39. The van der Waals surface area contributed by atoms with E-state index in [1.165, 1.54) is 0 Å². The summed E-state index contributed by atoms with van der Waals surface area (Å²) in [6, 6.07) is 12.8. The quantitative estimate of drug-likeness (QED) is 0.391. The Bertz CT molecular complexity index is 754. The molecule has 3 nitrogen and oxygen atoms in total. The highest BCUT2D eigenvalue weighted by Gasteiger charge is 2.18. The number of carboxylic acid groups (broad SMARTS) is 1. The molecule has 0 atom stereocenters. The van der Waals surface area contributed by atoms with Gasteiger partial charge in [0.1, 0.15) is 0 Å². The van der Waals surface area contributed by atoms with Crippen molar-refractivity contribution in [2.45, 2.75) is 32.6 Å². The summed E-state index contributed by atoms with van der Waals surface area (Å²) in [5, 5.41) is 10.3. The van der Waals surface area contributed by atoms with Crippen molar-refractivity contribution < 1.29 is 9.90 Å². The van der Waals surface area contributed by atoms with E-state index in [1.54, 1.807) is 18.2 Å². The van der Waals surface area contributed by atoms with Crippen molar-refractivity contribution in [3.8, 4) is 0 Å². The number of unbranched alkanes of at least 4 members (excludes halogenated alkanes) is 2. The van der Waals surface area contributed by atoms with Gasteiger partial charge in [-0.15, -0.1) is 0 Å². The Morgan fingerprint density at radius 1 is 1.08 bits per heavy atom. The third-order valence-electron chi connectivity index (χ3n) is 4.01. The molecule has 0 spiro atoms. The van der Waals surface area contributed by atoms with Gasteiger partial charge in [-0.1, -0.05) is 79.4 Å². The van der Waals surface area contributed by atoms with E-state index < -0.39 is 5.97 Å². The number of benzene rings is 2. The molecule has 26 heavy (non-hydrogen) atoms. The minimum absolute atomic E-state index is 0.0612. The first-order valence-electron chi connectivity index (χ1n) is 8.70. The van der Waals surface area contributed by atoms with Gasteiger partial charge in [0.25, 0.3) is 0 Å². The first-order valence-corrected chi connectivity index (χ1v) is 9.46. The van der Waals surface area contributed by atoms with E-state index in [4.69, 9.17) is 23.2 Å². The Hall–Kier alpha value is -1.97. The molecule has 0 aromatic heterocycles. The number of anilines is 2. The Balaban J connectivity index is 2.44. The average molecular weight is 392 g/mol. The number of carboxylic acids is 1. The van der Waals surface area contributed by atoms with Gasteiger partial charge < -0.3 is 10.0 Å². The van der Waals surface area contributed by atoms with Gasteiger partial charge in [0.05, 0.1) is 22.2 Å². The third kappa shape index (κ3) is 5.52. The largest absolute Gasteiger partial charge is 0.481 e. The van der Waals surface area contributed by atoms with Gasteiger partial charge in [-0.2, -0.15) is 0 Å². The van der Waals surface area contributed by atoms with Crippen LogP contribution in [0, 0.1) is 0 Å². The maximum atomic E-state index is 11.3. The Labute approximate surface area is 164 Å². The van der Waals surface area contributed by atoms with Crippen LogP contribution in [0.5, 0.6) is 0 Å². The molecule has 5 heteroatoms. The second kappa shape index (κ2) is 10.2. The van der Waals surface area contributed by atoms with Crippen LogP contribution >= 0.6 is 23.2 Å². The molecular formula is C21H23Cl2NO2. The Morgan fingerprint density at radius 3 is 2.42 bits per heavy atom. The molecule has 0 unspecified atom stereocenters. The topological polar surface area (TPSA) is 40.5 Å². The van der Waals surface area contributed by atoms with Crippen LogP contribution in [-0.2, 0) is 11.2 Å². The van der Waals surface area contributed by atoms with Gasteiger partial charge in [0, 0.05) is 12.2 Å². The third-order valence-corrected chi connectivity index (χ3v) is 4.62. The minimum atomic E-state index is -0.874. The average Bonchev–Trinajstić information content (AvgIpc) is 2.60. The molecule has 2 rings (SSSR count). The summed E-state index contributed by atoms with van der Waals surface area (Å²) < 4.78 is 0. The van der Waals surface area contributed by atoms with Crippen molar-refractivity contribution >= 4 is 40.5 Å². The first-order chi connectivity index (χ1) is 12.5. The number of para-hydroxylation sites is 2. The molecule has 138 valence electrons. The summed E-state index contributed by atoms with van der Waals surface area (Å²) in [6.07, 6.45) is 7.45. The van der Waals surface area contributed by atoms with E-state index in [2.05, 4.69) is 19.1 Å². The predicted octanol–water partition coefficient (Wildman–Crippen LogP) is 6.51. The normalized spacial score (nSPS) is 11.0. The molecule has 2 aromatic carbocycles. The highest BCUT2D eigenvalue weighted by atomic mass is 35.5. The molecule has 0 bridgehead atoms. The van der Waals surface area contributed by atoms with Crippen molar-refractivity contribution in [3.05, 3.63) is 70.2 Å².